The number of aromatic amines is 1. The molecule has 1 atom stereocenters. The van der Waals surface area contributed by atoms with Crippen molar-refractivity contribution in [2.24, 2.45) is 16.3 Å². The number of nitrogens with zero attached hydrogens (tertiary/aromatic N) is 1. The lowest BCUT2D eigenvalue weighted by Gasteiger charge is -2.27. The summed E-state index contributed by atoms with van der Waals surface area (Å²) in [6.45, 7) is 10.3. The minimum absolute atomic E-state index is 0.0210. The summed E-state index contributed by atoms with van der Waals surface area (Å²) in [7, 11) is 0. The monoisotopic (exact) mass is 313 g/mol. The highest BCUT2D eigenvalue weighted by atomic mass is 16.1. The first kappa shape index (κ1) is 16.0. The maximum Gasteiger partial charge on any atom is 0.255 e. The fraction of sp³-hybridized carbons (Fsp3) is 0.579. The zero-order valence-electron chi connectivity index (χ0n) is 14.4. The topological polar surface area (TPSA) is 57.2 Å². The standard InChI is InChI=1S/C19H27N3O/c1-5-15(13-8-9-13)21-17-12(2)20-11-14(17)18(23)22-16-7-6-10-19(16,3)4/h5,11,13,16,20H,1,6-10H2,2-4H3,(H,22,23). The molecule has 23 heavy (non-hydrogen) atoms. The van der Waals surface area contributed by atoms with Crippen LogP contribution in [0.3, 0.4) is 0 Å². The summed E-state index contributed by atoms with van der Waals surface area (Å²) in [5, 5.41) is 3.22. The number of carbonyl (C=O) groups is 1. The van der Waals surface area contributed by atoms with Crippen LogP contribution in [-0.4, -0.2) is 22.6 Å². The van der Waals surface area contributed by atoms with E-state index in [9.17, 15) is 4.79 Å². The van der Waals surface area contributed by atoms with Crippen LogP contribution >= 0.6 is 0 Å². The highest BCUT2D eigenvalue weighted by Gasteiger charge is 2.36. The summed E-state index contributed by atoms with van der Waals surface area (Å²) >= 11 is 0. The van der Waals surface area contributed by atoms with E-state index in [1.165, 1.54) is 19.3 Å². The molecule has 2 N–H and O–H groups in total. The number of nitrogens with one attached hydrogen (secondary N) is 2. The van der Waals surface area contributed by atoms with Crippen LogP contribution in [0.2, 0.25) is 0 Å². The average molecular weight is 313 g/mol. The van der Waals surface area contributed by atoms with Gasteiger partial charge in [0.25, 0.3) is 5.91 Å². The Kier molecular flexibility index (Phi) is 4.17. The second-order valence-electron chi connectivity index (χ2n) is 7.60. The van der Waals surface area contributed by atoms with Crippen molar-refractivity contribution in [2.45, 2.75) is 58.9 Å². The molecule has 1 aromatic rings. The van der Waals surface area contributed by atoms with Crippen molar-refractivity contribution in [2.75, 3.05) is 0 Å². The van der Waals surface area contributed by atoms with E-state index in [2.05, 4.69) is 30.7 Å². The van der Waals surface area contributed by atoms with E-state index < -0.39 is 0 Å². The van der Waals surface area contributed by atoms with E-state index >= 15 is 0 Å². The van der Waals surface area contributed by atoms with Crippen molar-refractivity contribution >= 4 is 17.3 Å². The van der Waals surface area contributed by atoms with Gasteiger partial charge in [-0.3, -0.25) is 9.79 Å². The Balaban J connectivity index is 1.83. The molecule has 2 fully saturated rings. The van der Waals surface area contributed by atoms with E-state index in [1.54, 1.807) is 6.20 Å². The van der Waals surface area contributed by atoms with Crippen LogP contribution in [0.15, 0.2) is 23.8 Å². The number of aliphatic imine (C=N–C) groups is 1. The molecule has 3 rings (SSSR count). The van der Waals surface area contributed by atoms with Crippen molar-refractivity contribution < 1.29 is 4.79 Å². The molecule has 4 nitrogen and oxygen atoms in total. The first-order valence-corrected chi connectivity index (χ1v) is 8.62. The number of aromatic nitrogens is 1. The van der Waals surface area contributed by atoms with Gasteiger partial charge < -0.3 is 10.3 Å². The molecule has 4 heteroatoms. The second kappa shape index (κ2) is 5.99. The third-order valence-electron chi connectivity index (χ3n) is 5.30. The molecule has 1 amide bonds. The predicted octanol–water partition coefficient (Wildman–Crippen LogP) is 4.30. The number of aryl methyl sites for hydroxylation is 1. The lowest BCUT2D eigenvalue weighted by molar-refractivity contribution is 0.0911. The highest BCUT2D eigenvalue weighted by Crippen LogP contribution is 2.38. The lowest BCUT2D eigenvalue weighted by atomic mass is 9.87. The Hall–Kier alpha value is -1.84. The summed E-state index contributed by atoms with van der Waals surface area (Å²) in [4.78, 5) is 20.6. The number of H-pyrrole nitrogens is 1. The van der Waals surface area contributed by atoms with Gasteiger partial charge in [-0.1, -0.05) is 26.8 Å². The van der Waals surface area contributed by atoms with Gasteiger partial charge in [-0.25, -0.2) is 0 Å². The Labute approximate surface area is 138 Å². The van der Waals surface area contributed by atoms with Gasteiger partial charge in [0.1, 0.15) is 0 Å². The van der Waals surface area contributed by atoms with E-state index in [-0.39, 0.29) is 17.4 Å². The van der Waals surface area contributed by atoms with Crippen molar-refractivity contribution in [1.29, 1.82) is 0 Å². The largest absolute Gasteiger partial charge is 0.363 e. The molecular formula is C19H27N3O. The van der Waals surface area contributed by atoms with Crippen LogP contribution < -0.4 is 5.32 Å². The van der Waals surface area contributed by atoms with Crippen LogP contribution in [0.25, 0.3) is 0 Å². The van der Waals surface area contributed by atoms with Gasteiger partial charge in [0.2, 0.25) is 0 Å². The number of rotatable bonds is 5. The van der Waals surface area contributed by atoms with Crippen LogP contribution in [0.1, 0.15) is 62.0 Å². The molecule has 0 aliphatic heterocycles. The molecule has 1 unspecified atom stereocenters. The maximum absolute atomic E-state index is 12.8. The molecule has 2 saturated carbocycles. The summed E-state index contributed by atoms with van der Waals surface area (Å²) in [5.74, 6) is 0.499. The van der Waals surface area contributed by atoms with Gasteiger partial charge in [-0.15, -0.1) is 0 Å². The van der Waals surface area contributed by atoms with Crippen LogP contribution in [0.5, 0.6) is 0 Å². The van der Waals surface area contributed by atoms with Crippen molar-refractivity contribution in [3.05, 3.63) is 30.1 Å². The predicted molar refractivity (Wildman–Crippen MR) is 94.4 cm³/mol. The quantitative estimate of drug-likeness (QED) is 0.782. The fourth-order valence-corrected chi connectivity index (χ4v) is 3.48. The van der Waals surface area contributed by atoms with Crippen molar-refractivity contribution in [3.8, 4) is 0 Å². The molecule has 124 valence electrons. The van der Waals surface area contributed by atoms with E-state index in [0.29, 0.717) is 11.5 Å². The second-order valence-corrected chi connectivity index (χ2v) is 7.60. The van der Waals surface area contributed by atoms with Gasteiger partial charge in [-0.05, 0) is 44.1 Å². The molecule has 0 saturated heterocycles. The Morgan fingerprint density at radius 3 is 2.74 bits per heavy atom. The molecule has 1 heterocycles. The van der Waals surface area contributed by atoms with Gasteiger partial charge in [0, 0.05) is 29.6 Å². The van der Waals surface area contributed by atoms with Gasteiger partial charge in [0.05, 0.1) is 11.3 Å². The minimum atomic E-state index is -0.0210. The highest BCUT2D eigenvalue weighted by molar-refractivity contribution is 6.04. The summed E-state index contributed by atoms with van der Waals surface area (Å²) in [6.07, 6.45) is 9.35. The summed E-state index contributed by atoms with van der Waals surface area (Å²) in [5.41, 5.74) is 3.51. The Morgan fingerprint density at radius 2 is 2.17 bits per heavy atom. The third kappa shape index (κ3) is 3.26. The number of amides is 1. The fourth-order valence-electron chi connectivity index (χ4n) is 3.48. The number of hydrogen-bond acceptors (Lipinski definition) is 2. The van der Waals surface area contributed by atoms with E-state index in [4.69, 9.17) is 4.99 Å². The maximum atomic E-state index is 12.8. The SMILES string of the molecule is C=CC(=Nc1c(C(=O)NC2CCCC2(C)C)c[nH]c1C)C1CC1. The smallest absolute Gasteiger partial charge is 0.255 e. The number of allylic oxidation sites excluding steroid dienone is 1. The molecule has 2 aliphatic rings. The molecular weight excluding hydrogens is 286 g/mol. The third-order valence-corrected chi connectivity index (χ3v) is 5.30. The van der Waals surface area contributed by atoms with Gasteiger partial charge >= 0.3 is 0 Å². The molecule has 0 aromatic carbocycles. The van der Waals surface area contributed by atoms with Crippen LogP contribution in [-0.2, 0) is 0 Å². The molecule has 2 aliphatic carbocycles. The average Bonchev–Trinajstić information content (AvgIpc) is 3.20. The van der Waals surface area contributed by atoms with Crippen LogP contribution in [0, 0.1) is 18.3 Å². The minimum Gasteiger partial charge on any atom is -0.363 e. The molecule has 0 radical (unpaired) electrons. The Morgan fingerprint density at radius 1 is 1.43 bits per heavy atom. The van der Waals surface area contributed by atoms with Crippen LogP contribution in [0.4, 0.5) is 5.69 Å². The van der Waals surface area contributed by atoms with Gasteiger partial charge in [-0.2, -0.15) is 0 Å². The zero-order chi connectivity index (χ0) is 16.6. The number of hydrogen-bond donors (Lipinski definition) is 2. The van der Waals surface area contributed by atoms with Gasteiger partial charge in [0.15, 0.2) is 0 Å². The van der Waals surface area contributed by atoms with Crippen molar-refractivity contribution in [3.63, 3.8) is 0 Å². The van der Waals surface area contributed by atoms with E-state index in [1.807, 2.05) is 13.0 Å². The summed E-state index contributed by atoms with van der Waals surface area (Å²) < 4.78 is 0. The van der Waals surface area contributed by atoms with Crippen molar-refractivity contribution in [1.82, 2.24) is 10.3 Å². The normalized spacial score (nSPS) is 23.8. The Bertz CT molecular complexity index is 650. The summed E-state index contributed by atoms with van der Waals surface area (Å²) in [6, 6.07) is 0.240. The molecule has 1 aromatic heterocycles. The zero-order valence-corrected chi connectivity index (χ0v) is 14.4. The molecule has 0 spiro atoms. The first-order chi connectivity index (χ1) is 10.9. The molecule has 0 bridgehead atoms. The first-order valence-electron chi connectivity index (χ1n) is 8.62. The lowest BCUT2D eigenvalue weighted by Crippen LogP contribution is -2.41. The van der Waals surface area contributed by atoms with E-state index in [0.717, 1.165) is 29.9 Å². The number of carbonyl (C=O) groups excluding carboxylic acids is 1.